The van der Waals surface area contributed by atoms with Gasteiger partial charge < -0.3 is 14.6 Å². The summed E-state index contributed by atoms with van der Waals surface area (Å²) < 4.78 is 11.4. The van der Waals surface area contributed by atoms with Gasteiger partial charge in [-0.25, -0.2) is 0 Å². The molecule has 1 aromatic carbocycles. The molecular weight excluding hydrogens is 492 g/mol. The van der Waals surface area contributed by atoms with Gasteiger partial charge in [-0.05, 0) is 89.4 Å². The lowest BCUT2D eigenvalue weighted by Gasteiger charge is -2.25. The second kappa shape index (κ2) is 11.8. The molecule has 2 N–H and O–H groups in total. The zero-order valence-corrected chi connectivity index (χ0v) is 24.1. The Morgan fingerprint density at radius 3 is 2.61 bits per heavy atom. The largest absolute Gasteiger partial charge is 0.381 e. The molecule has 5 rings (SSSR count). The van der Waals surface area contributed by atoms with Crippen molar-refractivity contribution in [3.8, 4) is 11.3 Å². The van der Waals surface area contributed by atoms with Crippen LogP contribution in [0.5, 0.6) is 0 Å². The third-order valence-electron chi connectivity index (χ3n) is 7.81. The number of hydrogen-bond acceptors (Lipinski definition) is 5. The Balaban J connectivity index is 1.55. The fourth-order valence-electron chi connectivity index (χ4n) is 5.73. The van der Waals surface area contributed by atoms with Crippen molar-refractivity contribution in [3.05, 3.63) is 47.8 Å². The molecule has 0 spiro atoms. The summed E-state index contributed by atoms with van der Waals surface area (Å²) in [5, 5.41) is 4.41. The average molecular weight is 535 g/mol. The van der Waals surface area contributed by atoms with Crippen LogP contribution in [-0.2, 0) is 11.3 Å². The topological polar surface area (TPSA) is 68.2 Å². The van der Waals surface area contributed by atoms with Crippen LogP contribution in [0, 0.1) is 12.8 Å². The Bertz CT molecular complexity index is 1270. The number of aromatic nitrogens is 2. The maximum Gasteiger partial charge on any atom is 0.253 e. The first-order valence-corrected chi connectivity index (χ1v) is 15.0. The summed E-state index contributed by atoms with van der Waals surface area (Å²) in [5.41, 5.74) is 5.07. The summed E-state index contributed by atoms with van der Waals surface area (Å²) in [6.45, 7) is 11.0. The second-order valence-corrected chi connectivity index (χ2v) is 12.8. The van der Waals surface area contributed by atoms with Gasteiger partial charge in [0, 0.05) is 64.8 Å². The highest BCUT2D eigenvalue weighted by atomic mass is 32.2. The van der Waals surface area contributed by atoms with E-state index in [1.54, 1.807) is 11.9 Å². The summed E-state index contributed by atoms with van der Waals surface area (Å²) >= 11 is 1.63. The van der Waals surface area contributed by atoms with Crippen LogP contribution >= 0.6 is 11.9 Å². The SMILES string of the molecule is Cc1c(C(=O)NC2CCOCC2)cc(-c2ccc(SNC(C)(C)C)c3ncccc23)n1CC1CCCCC1. The number of fused-ring (bicyclic) bond motifs is 1. The standard InChI is InChI=1S/C31H42N4O2S/c1-21-26(30(36)33-23-14-17-37-18-15-23)19-27(35(21)20-22-9-6-5-7-10-22)24-12-13-28(38-34-31(2,3)4)29-25(24)11-8-16-32-29/h8,11-13,16,19,22-23,34H,5-7,9-10,14-15,17-18,20H2,1-4H3,(H,33,36). The van der Waals surface area contributed by atoms with Gasteiger partial charge in [-0.2, -0.15) is 0 Å². The van der Waals surface area contributed by atoms with Crippen LogP contribution in [0.25, 0.3) is 22.2 Å². The van der Waals surface area contributed by atoms with Gasteiger partial charge in [0.15, 0.2) is 0 Å². The number of nitrogens with zero attached hydrogens (tertiary/aromatic N) is 2. The van der Waals surface area contributed by atoms with Crippen molar-refractivity contribution in [1.82, 2.24) is 19.6 Å². The number of rotatable bonds is 7. The minimum Gasteiger partial charge on any atom is -0.381 e. The summed E-state index contributed by atoms with van der Waals surface area (Å²) in [6.07, 6.45) is 10.1. The van der Waals surface area contributed by atoms with Crippen molar-refractivity contribution in [2.75, 3.05) is 13.2 Å². The van der Waals surface area contributed by atoms with Gasteiger partial charge in [-0.15, -0.1) is 0 Å². The van der Waals surface area contributed by atoms with Crippen LogP contribution < -0.4 is 10.0 Å². The predicted octanol–water partition coefficient (Wildman–Crippen LogP) is 6.90. The molecule has 2 aliphatic rings. The highest BCUT2D eigenvalue weighted by Gasteiger charge is 2.25. The van der Waals surface area contributed by atoms with Gasteiger partial charge in [0.05, 0.1) is 11.1 Å². The Morgan fingerprint density at radius 1 is 1.11 bits per heavy atom. The molecule has 3 heterocycles. The molecule has 0 bridgehead atoms. The van der Waals surface area contributed by atoms with Crippen LogP contribution in [0.1, 0.15) is 81.8 Å². The van der Waals surface area contributed by atoms with E-state index in [2.05, 4.69) is 66.6 Å². The fraction of sp³-hybridized carbons (Fsp3) is 0.548. The summed E-state index contributed by atoms with van der Waals surface area (Å²) in [7, 11) is 0. The van der Waals surface area contributed by atoms with E-state index >= 15 is 0 Å². The number of amides is 1. The maximum atomic E-state index is 13.5. The Morgan fingerprint density at radius 2 is 1.87 bits per heavy atom. The highest BCUT2D eigenvalue weighted by Crippen LogP contribution is 2.37. The molecule has 0 atom stereocenters. The Hall–Kier alpha value is -2.35. The first-order chi connectivity index (χ1) is 18.3. The highest BCUT2D eigenvalue weighted by molar-refractivity contribution is 7.97. The van der Waals surface area contributed by atoms with Crippen LogP contribution in [0.3, 0.4) is 0 Å². The quantitative estimate of drug-likeness (QED) is 0.323. The molecule has 1 saturated carbocycles. The molecule has 2 aromatic heterocycles. The van der Waals surface area contributed by atoms with Crippen molar-refractivity contribution in [2.45, 2.75) is 95.7 Å². The third-order valence-corrected chi connectivity index (χ3v) is 9.07. The van der Waals surface area contributed by atoms with Crippen molar-refractivity contribution in [3.63, 3.8) is 0 Å². The van der Waals surface area contributed by atoms with E-state index in [1.165, 1.54) is 32.1 Å². The van der Waals surface area contributed by atoms with Gasteiger partial charge in [0.1, 0.15) is 0 Å². The van der Waals surface area contributed by atoms with E-state index in [1.807, 2.05) is 12.3 Å². The third kappa shape index (κ3) is 6.27. The van der Waals surface area contributed by atoms with Crippen LogP contribution in [-0.4, -0.2) is 40.3 Å². The number of carbonyl (C=O) groups excluding carboxylic acids is 1. The first kappa shape index (κ1) is 27.2. The summed E-state index contributed by atoms with van der Waals surface area (Å²) in [4.78, 5) is 19.4. The molecule has 0 radical (unpaired) electrons. The van der Waals surface area contributed by atoms with Crippen molar-refractivity contribution in [1.29, 1.82) is 0 Å². The zero-order valence-electron chi connectivity index (χ0n) is 23.3. The molecule has 38 heavy (non-hydrogen) atoms. The van der Waals surface area contributed by atoms with Gasteiger partial charge in [-0.3, -0.25) is 14.5 Å². The van der Waals surface area contributed by atoms with Gasteiger partial charge in [0.2, 0.25) is 0 Å². The number of pyridine rings is 1. The van der Waals surface area contributed by atoms with E-state index in [-0.39, 0.29) is 17.5 Å². The van der Waals surface area contributed by atoms with Crippen molar-refractivity contribution >= 4 is 28.8 Å². The molecule has 3 aromatic rings. The number of nitrogens with one attached hydrogen (secondary N) is 2. The first-order valence-electron chi connectivity index (χ1n) is 14.2. The number of ether oxygens (including phenoxy) is 1. The molecule has 204 valence electrons. The maximum absolute atomic E-state index is 13.5. The smallest absolute Gasteiger partial charge is 0.253 e. The molecule has 1 aliphatic carbocycles. The molecule has 6 nitrogen and oxygen atoms in total. The zero-order chi connectivity index (χ0) is 26.7. The lowest BCUT2D eigenvalue weighted by atomic mass is 9.89. The molecule has 2 fully saturated rings. The lowest BCUT2D eigenvalue weighted by molar-refractivity contribution is 0.0696. The number of hydrogen-bond donors (Lipinski definition) is 2. The molecule has 7 heteroatoms. The van der Waals surface area contributed by atoms with Crippen LogP contribution in [0.15, 0.2) is 41.4 Å². The predicted molar refractivity (Wildman–Crippen MR) is 157 cm³/mol. The van der Waals surface area contributed by atoms with E-state index in [9.17, 15) is 4.79 Å². The summed E-state index contributed by atoms with van der Waals surface area (Å²) in [6, 6.07) is 10.9. The molecule has 1 amide bonds. The van der Waals surface area contributed by atoms with E-state index in [0.717, 1.165) is 57.7 Å². The molecule has 1 saturated heterocycles. The monoisotopic (exact) mass is 534 g/mol. The molecule has 0 unspecified atom stereocenters. The molecular formula is C31H42N4O2S. The van der Waals surface area contributed by atoms with Crippen LogP contribution in [0.4, 0.5) is 0 Å². The van der Waals surface area contributed by atoms with Crippen molar-refractivity contribution < 1.29 is 9.53 Å². The second-order valence-electron chi connectivity index (χ2n) is 12.0. The number of benzene rings is 1. The fourth-order valence-corrected chi connectivity index (χ4v) is 6.54. The van der Waals surface area contributed by atoms with Crippen molar-refractivity contribution in [2.24, 2.45) is 5.92 Å². The van der Waals surface area contributed by atoms with Gasteiger partial charge >= 0.3 is 0 Å². The van der Waals surface area contributed by atoms with E-state index in [4.69, 9.17) is 9.72 Å². The number of carbonyl (C=O) groups is 1. The minimum absolute atomic E-state index is 0.0109. The normalized spacial score (nSPS) is 17.7. The van der Waals surface area contributed by atoms with E-state index in [0.29, 0.717) is 19.1 Å². The summed E-state index contributed by atoms with van der Waals surface area (Å²) in [5.74, 6) is 0.678. The van der Waals surface area contributed by atoms with Gasteiger partial charge in [0.25, 0.3) is 5.91 Å². The Labute approximate surface area is 231 Å². The Kier molecular flexibility index (Phi) is 8.46. The lowest BCUT2D eigenvalue weighted by Crippen LogP contribution is -2.39. The van der Waals surface area contributed by atoms with Crippen LogP contribution in [0.2, 0.25) is 0 Å². The minimum atomic E-state index is -0.0109. The van der Waals surface area contributed by atoms with Gasteiger partial charge in [-0.1, -0.05) is 31.4 Å². The average Bonchev–Trinajstić information content (AvgIpc) is 3.23. The molecule has 1 aliphatic heterocycles. The van der Waals surface area contributed by atoms with E-state index < -0.39 is 0 Å².